The fourth-order valence-corrected chi connectivity index (χ4v) is 2.48. The van der Waals surface area contributed by atoms with Crippen LogP contribution in [0, 0.1) is 0 Å². The minimum atomic E-state index is -0.579. The highest BCUT2D eigenvalue weighted by molar-refractivity contribution is 6.18. The summed E-state index contributed by atoms with van der Waals surface area (Å²) in [5.74, 6) is 1.26. The smallest absolute Gasteiger partial charge is 0.411 e. The molecule has 0 fully saturated rings. The van der Waals surface area contributed by atoms with Crippen molar-refractivity contribution in [2.45, 2.75) is 0 Å². The molecule has 1 N–H and O–H groups in total. The lowest BCUT2D eigenvalue weighted by Crippen LogP contribution is -2.14. The van der Waals surface area contributed by atoms with Gasteiger partial charge in [-0.05, 0) is 42.5 Å². The summed E-state index contributed by atoms with van der Waals surface area (Å²) in [6, 6.07) is 13.4. The Kier molecular flexibility index (Phi) is 5.43. The largest absolute Gasteiger partial charge is 0.497 e. The van der Waals surface area contributed by atoms with Gasteiger partial charge < -0.3 is 13.9 Å². The van der Waals surface area contributed by atoms with Crippen molar-refractivity contribution in [1.29, 1.82) is 0 Å². The minimum absolute atomic E-state index is 0.137. The van der Waals surface area contributed by atoms with Crippen molar-refractivity contribution < 1.29 is 18.7 Å². The van der Waals surface area contributed by atoms with Crippen LogP contribution in [0.1, 0.15) is 0 Å². The predicted octanol–water partition coefficient (Wildman–Crippen LogP) is 4.26. The fourth-order valence-electron chi connectivity index (χ4n) is 2.41. The van der Waals surface area contributed by atoms with Crippen molar-refractivity contribution in [2.75, 3.05) is 24.9 Å². The van der Waals surface area contributed by atoms with Gasteiger partial charge in [0.2, 0.25) is 0 Å². The SMILES string of the molecule is COc1ccc2oc(-c3ccc(NC(=O)OCCCl)cc3)cc(=O)c2c1. The highest BCUT2D eigenvalue weighted by Crippen LogP contribution is 2.25. The minimum Gasteiger partial charge on any atom is -0.497 e. The summed E-state index contributed by atoms with van der Waals surface area (Å²) in [6.07, 6.45) is -0.579. The van der Waals surface area contributed by atoms with Gasteiger partial charge in [-0.3, -0.25) is 10.1 Å². The van der Waals surface area contributed by atoms with E-state index in [-0.39, 0.29) is 17.9 Å². The Bertz CT molecular complexity index is 981. The summed E-state index contributed by atoms with van der Waals surface area (Å²) in [6.45, 7) is 0.137. The van der Waals surface area contributed by atoms with Crippen LogP contribution in [-0.2, 0) is 4.74 Å². The van der Waals surface area contributed by atoms with Crippen LogP contribution >= 0.6 is 11.6 Å². The van der Waals surface area contributed by atoms with Gasteiger partial charge in [0, 0.05) is 17.3 Å². The van der Waals surface area contributed by atoms with Gasteiger partial charge in [-0.25, -0.2) is 4.79 Å². The van der Waals surface area contributed by atoms with E-state index in [0.717, 1.165) is 0 Å². The van der Waals surface area contributed by atoms with Crippen LogP contribution in [-0.4, -0.2) is 25.7 Å². The second kappa shape index (κ2) is 7.93. The molecule has 0 aliphatic carbocycles. The van der Waals surface area contributed by atoms with Crippen molar-refractivity contribution in [1.82, 2.24) is 0 Å². The number of benzene rings is 2. The molecule has 1 heterocycles. The van der Waals surface area contributed by atoms with Gasteiger partial charge in [-0.15, -0.1) is 11.6 Å². The zero-order valence-electron chi connectivity index (χ0n) is 14.0. The fraction of sp³-hybridized carbons (Fsp3) is 0.158. The van der Waals surface area contributed by atoms with E-state index in [4.69, 9.17) is 25.5 Å². The lowest BCUT2D eigenvalue weighted by atomic mass is 10.1. The number of carbonyl (C=O) groups is 1. The van der Waals surface area contributed by atoms with Crippen LogP contribution in [0.15, 0.2) is 57.7 Å². The van der Waals surface area contributed by atoms with Gasteiger partial charge >= 0.3 is 6.09 Å². The Balaban J connectivity index is 1.85. The normalized spacial score (nSPS) is 10.5. The van der Waals surface area contributed by atoms with Gasteiger partial charge in [0.25, 0.3) is 0 Å². The third kappa shape index (κ3) is 3.97. The molecule has 1 aromatic heterocycles. The number of methoxy groups -OCH3 is 1. The van der Waals surface area contributed by atoms with E-state index in [9.17, 15) is 9.59 Å². The number of carbonyl (C=O) groups excluding carboxylic acids is 1. The van der Waals surface area contributed by atoms with Crippen LogP contribution in [0.5, 0.6) is 5.75 Å². The zero-order valence-corrected chi connectivity index (χ0v) is 14.7. The van der Waals surface area contributed by atoms with Gasteiger partial charge in [0.1, 0.15) is 23.7 Å². The number of alkyl halides is 1. The maximum absolute atomic E-state index is 12.4. The summed E-state index contributed by atoms with van der Waals surface area (Å²) in [5, 5.41) is 3.04. The first-order chi connectivity index (χ1) is 12.6. The summed E-state index contributed by atoms with van der Waals surface area (Å²) in [4.78, 5) is 23.9. The molecule has 0 radical (unpaired) electrons. The number of anilines is 1. The molecule has 0 spiro atoms. The van der Waals surface area contributed by atoms with E-state index >= 15 is 0 Å². The Morgan fingerprint density at radius 3 is 2.62 bits per heavy atom. The molecule has 0 bridgehead atoms. The van der Waals surface area contributed by atoms with Crippen LogP contribution in [0.2, 0.25) is 0 Å². The van der Waals surface area contributed by atoms with Crippen LogP contribution in [0.3, 0.4) is 0 Å². The Hall–Kier alpha value is -2.99. The van der Waals surface area contributed by atoms with Crippen molar-refractivity contribution in [3.05, 3.63) is 58.8 Å². The first-order valence-corrected chi connectivity index (χ1v) is 8.36. The number of ether oxygens (including phenoxy) is 2. The Morgan fingerprint density at radius 1 is 1.15 bits per heavy atom. The molecule has 26 heavy (non-hydrogen) atoms. The first kappa shape index (κ1) is 17.8. The van der Waals surface area contributed by atoms with Crippen molar-refractivity contribution in [3.8, 4) is 17.1 Å². The lowest BCUT2D eigenvalue weighted by Gasteiger charge is -2.07. The number of amides is 1. The number of halogens is 1. The highest BCUT2D eigenvalue weighted by Gasteiger charge is 2.09. The van der Waals surface area contributed by atoms with E-state index < -0.39 is 6.09 Å². The second-order valence-electron chi connectivity index (χ2n) is 5.36. The molecule has 0 saturated carbocycles. The van der Waals surface area contributed by atoms with Crippen LogP contribution in [0.25, 0.3) is 22.3 Å². The third-order valence-corrected chi connectivity index (χ3v) is 3.81. The molecule has 0 unspecified atom stereocenters. The molecule has 3 aromatic rings. The molecule has 1 amide bonds. The van der Waals surface area contributed by atoms with Gasteiger partial charge in [-0.1, -0.05) is 0 Å². The molecule has 134 valence electrons. The number of hydrogen-bond acceptors (Lipinski definition) is 5. The summed E-state index contributed by atoms with van der Waals surface area (Å²) in [7, 11) is 1.54. The Labute approximate surface area is 154 Å². The summed E-state index contributed by atoms with van der Waals surface area (Å²) < 4.78 is 15.8. The number of fused-ring (bicyclic) bond motifs is 1. The van der Waals surface area contributed by atoms with Crippen molar-refractivity contribution >= 4 is 34.4 Å². The quantitative estimate of drug-likeness (QED) is 0.676. The Morgan fingerprint density at radius 2 is 1.92 bits per heavy atom. The van der Waals surface area contributed by atoms with E-state index in [2.05, 4.69) is 5.32 Å². The molecule has 0 atom stereocenters. The zero-order chi connectivity index (χ0) is 18.5. The standard InChI is InChI=1S/C19H16ClNO5/c1-24-14-6-7-17-15(10-14)16(22)11-18(26-17)12-2-4-13(5-3-12)21-19(23)25-9-8-20/h2-7,10-11H,8-9H2,1H3,(H,21,23). The highest BCUT2D eigenvalue weighted by atomic mass is 35.5. The van der Waals surface area contributed by atoms with E-state index in [1.54, 1.807) is 42.5 Å². The van der Waals surface area contributed by atoms with E-state index in [1.807, 2.05) is 0 Å². The average Bonchev–Trinajstić information content (AvgIpc) is 2.66. The molecule has 0 saturated heterocycles. The summed E-state index contributed by atoms with van der Waals surface area (Å²) in [5.41, 5.74) is 1.58. The van der Waals surface area contributed by atoms with Crippen molar-refractivity contribution in [3.63, 3.8) is 0 Å². The predicted molar refractivity (Wildman–Crippen MR) is 100 cm³/mol. The van der Waals surface area contributed by atoms with Gasteiger partial charge in [-0.2, -0.15) is 0 Å². The summed E-state index contributed by atoms with van der Waals surface area (Å²) >= 11 is 5.46. The topological polar surface area (TPSA) is 77.8 Å². The molecular weight excluding hydrogens is 358 g/mol. The second-order valence-corrected chi connectivity index (χ2v) is 5.74. The lowest BCUT2D eigenvalue weighted by molar-refractivity contribution is 0.168. The van der Waals surface area contributed by atoms with Gasteiger partial charge in [0.15, 0.2) is 5.43 Å². The van der Waals surface area contributed by atoms with Crippen LogP contribution in [0.4, 0.5) is 10.5 Å². The number of rotatable bonds is 5. The third-order valence-electron chi connectivity index (χ3n) is 3.66. The molecule has 7 heteroatoms. The molecule has 2 aromatic carbocycles. The number of hydrogen-bond donors (Lipinski definition) is 1. The molecular formula is C19H16ClNO5. The van der Waals surface area contributed by atoms with Crippen LogP contribution < -0.4 is 15.5 Å². The average molecular weight is 374 g/mol. The maximum atomic E-state index is 12.4. The molecule has 0 aliphatic heterocycles. The first-order valence-electron chi connectivity index (χ1n) is 7.83. The molecule has 0 aliphatic rings. The van der Waals surface area contributed by atoms with E-state index in [1.165, 1.54) is 13.2 Å². The molecule has 6 nitrogen and oxygen atoms in total. The monoisotopic (exact) mass is 373 g/mol. The maximum Gasteiger partial charge on any atom is 0.411 e. The van der Waals surface area contributed by atoms with Crippen molar-refractivity contribution in [2.24, 2.45) is 0 Å². The molecule has 3 rings (SSSR count). The van der Waals surface area contributed by atoms with Gasteiger partial charge in [0.05, 0.1) is 18.4 Å². The van der Waals surface area contributed by atoms with E-state index in [0.29, 0.717) is 33.7 Å². The number of nitrogens with one attached hydrogen (secondary N) is 1.